The van der Waals surface area contributed by atoms with Crippen molar-refractivity contribution in [3.63, 3.8) is 0 Å². The number of benzene rings is 3. The van der Waals surface area contributed by atoms with Gasteiger partial charge in [-0.1, -0.05) is 54.6 Å². The molecule has 0 radical (unpaired) electrons. The summed E-state index contributed by atoms with van der Waals surface area (Å²) < 4.78 is 6.61. The van der Waals surface area contributed by atoms with Crippen LogP contribution in [-0.4, -0.2) is 23.2 Å². The molecule has 0 spiro atoms. The predicted octanol–water partition coefficient (Wildman–Crippen LogP) is 6.15. The van der Waals surface area contributed by atoms with Crippen LogP contribution in [0.15, 0.2) is 113 Å². The zero-order valence-corrected chi connectivity index (χ0v) is 18.2. The van der Waals surface area contributed by atoms with E-state index < -0.39 is 0 Å². The molecule has 3 aliphatic rings. The summed E-state index contributed by atoms with van der Waals surface area (Å²) in [5.74, 6) is 2.27. The molecule has 1 N–H and O–H groups in total. The van der Waals surface area contributed by atoms with Crippen molar-refractivity contribution in [2.45, 2.75) is 24.8 Å². The Hall–Kier alpha value is -3.80. The van der Waals surface area contributed by atoms with Gasteiger partial charge in [0.1, 0.15) is 17.7 Å². The van der Waals surface area contributed by atoms with Gasteiger partial charge in [0.05, 0.1) is 24.7 Å². The monoisotopic (exact) mass is 433 g/mol. The van der Waals surface area contributed by atoms with E-state index in [4.69, 9.17) is 4.74 Å². The first-order chi connectivity index (χ1) is 16.3. The SMILES string of the molecule is C1=C[N+]2(NC3CC(c4ccc(Oc5cccc(-c6ccccc6)c5)cc4)C3)C=NC=C2C=N1. The molecule has 3 aromatic rings. The van der Waals surface area contributed by atoms with E-state index in [9.17, 15) is 0 Å². The van der Waals surface area contributed by atoms with Crippen LogP contribution in [0.5, 0.6) is 11.5 Å². The third-order valence-electron chi connectivity index (χ3n) is 6.54. The molecule has 0 saturated heterocycles. The highest BCUT2D eigenvalue weighted by atomic mass is 16.5. The lowest BCUT2D eigenvalue weighted by atomic mass is 9.76. The third-order valence-corrected chi connectivity index (χ3v) is 6.54. The summed E-state index contributed by atoms with van der Waals surface area (Å²) in [5, 5.41) is 0. The molecule has 0 aromatic heterocycles. The molecule has 1 aliphatic carbocycles. The Morgan fingerprint density at radius 3 is 2.48 bits per heavy atom. The van der Waals surface area contributed by atoms with Gasteiger partial charge in [-0.2, -0.15) is 0 Å². The van der Waals surface area contributed by atoms with Gasteiger partial charge in [-0.25, -0.2) is 4.99 Å². The molecule has 3 aromatic carbocycles. The van der Waals surface area contributed by atoms with Crippen molar-refractivity contribution in [1.29, 1.82) is 0 Å². The van der Waals surface area contributed by atoms with Crippen molar-refractivity contribution in [1.82, 2.24) is 5.43 Å². The molecule has 1 saturated carbocycles. The molecule has 2 heterocycles. The van der Waals surface area contributed by atoms with Gasteiger partial charge in [-0.15, -0.1) is 10.0 Å². The summed E-state index contributed by atoms with van der Waals surface area (Å²) >= 11 is 0. The number of fused-ring (bicyclic) bond motifs is 1. The number of hydrogen-bond donors (Lipinski definition) is 1. The number of quaternary nitrogens is 1. The van der Waals surface area contributed by atoms with Gasteiger partial charge in [-0.05, 0) is 59.7 Å². The lowest BCUT2D eigenvalue weighted by Gasteiger charge is -2.40. The highest BCUT2D eigenvalue weighted by molar-refractivity contribution is 5.81. The lowest BCUT2D eigenvalue weighted by Crippen LogP contribution is -2.58. The van der Waals surface area contributed by atoms with Crippen LogP contribution >= 0.6 is 0 Å². The average molecular weight is 434 g/mol. The molecule has 5 nitrogen and oxygen atoms in total. The van der Waals surface area contributed by atoms with Crippen LogP contribution in [0.1, 0.15) is 24.3 Å². The van der Waals surface area contributed by atoms with Crippen LogP contribution in [0, 0.1) is 0 Å². The summed E-state index contributed by atoms with van der Waals surface area (Å²) in [5.41, 5.74) is 8.47. The first-order valence-electron chi connectivity index (χ1n) is 11.3. The third kappa shape index (κ3) is 3.93. The maximum atomic E-state index is 6.14. The second kappa shape index (κ2) is 8.28. The molecule has 1 fully saturated rings. The van der Waals surface area contributed by atoms with Gasteiger partial charge < -0.3 is 4.74 Å². The Bertz CT molecular complexity index is 1270. The molecule has 0 amide bonds. The number of nitrogens with one attached hydrogen (secondary N) is 1. The largest absolute Gasteiger partial charge is 0.457 e. The first-order valence-corrected chi connectivity index (χ1v) is 11.3. The Labute approximate surface area is 193 Å². The van der Waals surface area contributed by atoms with Crippen molar-refractivity contribution in [2.24, 2.45) is 9.98 Å². The highest BCUT2D eigenvalue weighted by Crippen LogP contribution is 2.39. The van der Waals surface area contributed by atoms with Crippen LogP contribution in [0.25, 0.3) is 11.1 Å². The maximum absolute atomic E-state index is 6.14. The maximum Gasteiger partial charge on any atom is 0.219 e. The fraction of sp³-hybridized carbons (Fsp3) is 0.143. The minimum Gasteiger partial charge on any atom is -0.457 e. The normalized spacial score (nSPS) is 24.8. The fourth-order valence-electron chi connectivity index (χ4n) is 4.66. The molecule has 2 aliphatic heterocycles. The molecule has 33 heavy (non-hydrogen) atoms. The number of aliphatic imine (C=N–C) groups is 2. The van der Waals surface area contributed by atoms with Crippen molar-refractivity contribution >= 4 is 12.6 Å². The standard InChI is InChI=1S/C28H25N4O/c1-2-5-21(6-3-1)23-7-4-8-28(17-23)33-27-11-9-22(10-12-27)24-15-25(16-24)31-32-14-13-29-18-26(32)19-30-20-32/h1-14,17-20,24-25,31H,15-16H2/q+1. The van der Waals surface area contributed by atoms with Crippen LogP contribution in [0.2, 0.25) is 0 Å². The quantitative estimate of drug-likeness (QED) is 0.474. The van der Waals surface area contributed by atoms with E-state index in [0.717, 1.165) is 35.6 Å². The van der Waals surface area contributed by atoms with E-state index in [2.05, 4.69) is 76.1 Å². The van der Waals surface area contributed by atoms with E-state index in [0.29, 0.717) is 16.6 Å². The molecule has 162 valence electrons. The smallest absolute Gasteiger partial charge is 0.219 e. The minimum absolute atomic E-state index is 0.441. The number of hydrogen-bond acceptors (Lipinski definition) is 4. The molecule has 1 atom stereocenters. The Balaban J connectivity index is 1.07. The number of rotatable bonds is 6. The molecular formula is C28H25N4O+. The number of allylic oxidation sites excluding steroid dienone is 1. The molecule has 1 unspecified atom stereocenters. The van der Waals surface area contributed by atoms with Crippen LogP contribution in [-0.2, 0) is 0 Å². The van der Waals surface area contributed by atoms with E-state index in [-0.39, 0.29) is 0 Å². The van der Waals surface area contributed by atoms with Crippen LogP contribution in [0.4, 0.5) is 0 Å². The van der Waals surface area contributed by atoms with Gasteiger partial charge in [0.25, 0.3) is 0 Å². The zero-order valence-electron chi connectivity index (χ0n) is 18.2. The van der Waals surface area contributed by atoms with Gasteiger partial charge in [0, 0.05) is 0 Å². The van der Waals surface area contributed by atoms with E-state index in [1.54, 1.807) is 0 Å². The number of nitrogens with zero attached hydrogens (tertiary/aromatic N) is 3. The Morgan fingerprint density at radius 1 is 0.818 bits per heavy atom. The molecule has 0 bridgehead atoms. The first kappa shape index (κ1) is 19.9. The lowest BCUT2D eigenvalue weighted by molar-refractivity contribution is -0.788. The topological polar surface area (TPSA) is 46.0 Å². The van der Waals surface area contributed by atoms with Crippen molar-refractivity contribution in [2.75, 3.05) is 0 Å². The van der Waals surface area contributed by atoms with Crippen molar-refractivity contribution in [3.8, 4) is 22.6 Å². The average Bonchev–Trinajstić information content (AvgIpc) is 3.27. The van der Waals surface area contributed by atoms with Crippen LogP contribution < -0.4 is 10.2 Å². The Morgan fingerprint density at radius 2 is 1.64 bits per heavy atom. The summed E-state index contributed by atoms with van der Waals surface area (Å²) in [4.78, 5) is 8.54. The van der Waals surface area contributed by atoms with Gasteiger partial charge >= 0.3 is 0 Å². The second-order valence-electron chi connectivity index (χ2n) is 8.73. The predicted molar refractivity (Wildman–Crippen MR) is 132 cm³/mol. The molecule has 6 rings (SSSR count). The van der Waals surface area contributed by atoms with Crippen molar-refractivity contribution < 1.29 is 9.33 Å². The highest BCUT2D eigenvalue weighted by Gasteiger charge is 2.41. The second-order valence-corrected chi connectivity index (χ2v) is 8.73. The summed E-state index contributed by atoms with van der Waals surface area (Å²) in [6, 6.07) is 27.6. The fourth-order valence-corrected chi connectivity index (χ4v) is 4.66. The van der Waals surface area contributed by atoms with Gasteiger partial charge in [-0.3, -0.25) is 4.99 Å². The summed E-state index contributed by atoms with van der Waals surface area (Å²) in [6.07, 6.45) is 11.7. The van der Waals surface area contributed by atoms with E-state index in [1.807, 2.05) is 49.4 Å². The van der Waals surface area contributed by atoms with E-state index >= 15 is 0 Å². The van der Waals surface area contributed by atoms with E-state index in [1.165, 1.54) is 11.1 Å². The van der Waals surface area contributed by atoms with Gasteiger partial charge in [0.2, 0.25) is 6.34 Å². The zero-order chi connectivity index (χ0) is 22.1. The molecular weight excluding hydrogens is 408 g/mol. The summed E-state index contributed by atoms with van der Waals surface area (Å²) in [6.45, 7) is 0. The molecule has 5 heteroatoms. The summed E-state index contributed by atoms with van der Waals surface area (Å²) in [7, 11) is 0. The number of ether oxygens (including phenoxy) is 1. The van der Waals surface area contributed by atoms with Gasteiger partial charge in [0.15, 0.2) is 5.70 Å². The minimum atomic E-state index is 0.441. The Kier molecular flexibility index (Phi) is 4.98. The van der Waals surface area contributed by atoms with Crippen LogP contribution in [0.3, 0.4) is 0 Å². The van der Waals surface area contributed by atoms with Crippen molar-refractivity contribution in [3.05, 3.63) is 109 Å².